The molecule has 4 rings (SSSR count). The number of hydrogen-bond donors (Lipinski definition) is 0. The number of allylic oxidation sites excluding steroid dienone is 4. The van der Waals surface area contributed by atoms with Crippen LogP contribution < -0.4 is 0 Å². The molecule has 2 heterocycles. The van der Waals surface area contributed by atoms with Gasteiger partial charge in [-0.25, -0.2) is 9.78 Å². The van der Waals surface area contributed by atoms with Gasteiger partial charge in [-0.2, -0.15) is 0 Å². The smallest absolute Gasteiger partial charge is 0.375 e. The number of esters is 1. The second kappa shape index (κ2) is 6.94. The van der Waals surface area contributed by atoms with Crippen LogP contribution in [0.5, 0.6) is 0 Å². The van der Waals surface area contributed by atoms with Crippen molar-refractivity contribution in [3.63, 3.8) is 0 Å². The Kier molecular flexibility index (Phi) is 4.35. The second-order valence-electron chi connectivity index (χ2n) is 5.60. The maximum absolute atomic E-state index is 12.3. The van der Waals surface area contributed by atoms with E-state index in [0.717, 1.165) is 23.1 Å². The van der Waals surface area contributed by atoms with E-state index >= 15 is 0 Å². The highest BCUT2D eigenvalue weighted by Gasteiger charge is 2.20. The van der Waals surface area contributed by atoms with Crippen molar-refractivity contribution < 1.29 is 19.0 Å². The molecule has 0 N–H and O–H groups in total. The Bertz CT molecular complexity index is 903. The minimum atomic E-state index is -0.558. The van der Waals surface area contributed by atoms with Crippen LogP contribution in [0.3, 0.4) is 0 Å². The van der Waals surface area contributed by atoms with Gasteiger partial charge in [0.15, 0.2) is 6.26 Å². The summed E-state index contributed by atoms with van der Waals surface area (Å²) < 4.78 is 17.1. The fourth-order valence-electron chi connectivity index (χ4n) is 2.58. The molecule has 0 fully saturated rings. The summed E-state index contributed by atoms with van der Waals surface area (Å²) in [6.07, 6.45) is 11.7. The molecule has 2 aromatic rings. The lowest BCUT2D eigenvalue weighted by Crippen LogP contribution is -2.10. The van der Waals surface area contributed by atoms with Crippen molar-refractivity contribution in [1.82, 2.24) is 4.98 Å². The summed E-state index contributed by atoms with van der Waals surface area (Å²) in [6.45, 7) is 0. The number of ether oxygens (including phenoxy) is 3. The minimum Gasteiger partial charge on any atom is -0.462 e. The van der Waals surface area contributed by atoms with E-state index in [1.165, 1.54) is 29.4 Å². The molecule has 0 spiro atoms. The van der Waals surface area contributed by atoms with E-state index < -0.39 is 5.97 Å². The van der Waals surface area contributed by atoms with Gasteiger partial charge in [0, 0.05) is 6.42 Å². The van der Waals surface area contributed by atoms with Gasteiger partial charge < -0.3 is 14.2 Å². The Morgan fingerprint density at radius 3 is 3.04 bits per heavy atom. The van der Waals surface area contributed by atoms with E-state index in [1.807, 2.05) is 30.3 Å². The Morgan fingerprint density at radius 1 is 1.28 bits per heavy atom. The standard InChI is InChI=1S/C19H15NO4S/c21-19(18-20-15-8-4-5-9-16(15)25-18)24-17-12-22-11-14(23-17)10-13-6-2-1-3-7-13/h1-2,4-6,8-9,11-12H,3,7,10H2. The third-order valence-corrected chi connectivity index (χ3v) is 4.78. The van der Waals surface area contributed by atoms with Crippen molar-refractivity contribution in [1.29, 1.82) is 0 Å². The van der Waals surface area contributed by atoms with Crippen LogP contribution in [-0.4, -0.2) is 11.0 Å². The third-order valence-electron chi connectivity index (χ3n) is 3.76. The molecule has 126 valence electrons. The summed E-state index contributed by atoms with van der Waals surface area (Å²) >= 11 is 1.28. The SMILES string of the molecule is O=C(OC1=COC=C(CC2=CC=CCC2)O1)c1nc2ccccc2s1. The van der Waals surface area contributed by atoms with Gasteiger partial charge in [-0.15, -0.1) is 11.3 Å². The van der Waals surface area contributed by atoms with Crippen LogP contribution in [0.2, 0.25) is 0 Å². The zero-order valence-corrected chi connectivity index (χ0v) is 14.1. The van der Waals surface area contributed by atoms with Crippen molar-refractivity contribution in [2.75, 3.05) is 0 Å². The van der Waals surface area contributed by atoms with E-state index in [1.54, 1.807) is 0 Å². The van der Waals surface area contributed by atoms with Gasteiger partial charge in [0.05, 0.1) is 10.2 Å². The van der Waals surface area contributed by atoms with Gasteiger partial charge in [0.25, 0.3) is 0 Å². The molecule has 2 aliphatic rings. The Labute approximate surface area is 148 Å². The van der Waals surface area contributed by atoms with Crippen molar-refractivity contribution in [2.45, 2.75) is 19.3 Å². The quantitative estimate of drug-likeness (QED) is 0.739. The Balaban J connectivity index is 1.40. The first kappa shape index (κ1) is 15.7. The number of nitrogens with zero attached hydrogens (tertiary/aromatic N) is 1. The van der Waals surface area contributed by atoms with Gasteiger partial charge >= 0.3 is 11.9 Å². The molecule has 1 aromatic heterocycles. The van der Waals surface area contributed by atoms with Crippen LogP contribution in [0, 0.1) is 0 Å². The van der Waals surface area contributed by atoms with Crippen LogP contribution in [-0.2, 0) is 14.2 Å². The van der Waals surface area contributed by atoms with Gasteiger partial charge in [-0.3, -0.25) is 0 Å². The average molecular weight is 353 g/mol. The second-order valence-corrected chi connectivity index (χ2v) is 6.63. The number of carbonyl (C=O) groups excluding carboxylic acids is 1. The lowest BCUT2D eigenvalue weighted by atomic mass is 10.0. The molecule has 0 bridgehead atoms. The molecule has 0 radical (unpaired) electrons. The zero-order chi connectivity index (χ0) is 17.1. The van der Waals surface area contributed by atoms with Gasteiger partial charge in [0.2, 0.25) is 5.01 Å². The first-order valence-electron chi connectivity index (χ1n) is 7.93. The maximum Gasteiger partial charge on any atom is 0.375 e. The fourth-order valence-corrected chi connectivity index (χ4v) is 3.43. The molecule has 1 aliphatic carbocycles. The van der Waals surface area contributed by atoms with Gasteiger partial charge in [-0.05, 0) is 25.0 Å². The number of aromatic nitrogens is 1. The topological polar surface area (TPSA) is 57.7 Å². The highest BCUT2D eigenvalue weighted by Crippen LogP contribution is 2.27. The van der Waals surface area contributed by atoms with Gasteiger partial charge in [0.1, 0.15) is 12.0 Å². The lowest BCUT2D eigenvalue weighted by molar-refractivity contribution is 0.0284. The molecule has 0 saturated carbocycles. The lowest BCUT2D eigenvalue weighted by Gasteiger charge is -2.17. The number of para-hydroxylation sites is 1. The predicted octanol–water partition coefficient (Wildman–Crippen LogP) is 4.81. The monoisotopic (exact) mass is 353 g/mol. The van der Waals surface area contributed by atoms with E-state index in [4.69, 9.17) is 14.2 Å². The summed E-state index contributed by atoms with van der Waals surface area (Å²) in [6, 6.07) is 7.55. The molecule has 0 unspecified atom stereocenters. The van der Waals surface area contributed by atoms with Crippen molar-refractivity contribution in [2.24, 2.45) is 0 Å². The first-order chi connectivity index (χ1) is 12.3. The maximum atomic E-state index is 12.3. The number of benzene rings is 1. The zero-order valence-electron chi connectivity index (χ0n) is 13.3. The van der Waals surface area contributed by atoms with E-state index in [-0.39, 0.29) is 11.0 Å². The molecule has 25 heavy (non-hydrogen) atoms. The summed E-state index contributed by atoms with van der Waals surface area (Å²) in [7, 11) is 0. The number of carbonyl (C=O) groups is 1. The molecule has 1 aliphatic heterocycles. The Morgan fingerprint density at radius 2 is 2.20 bits per heavy atom. The molecular formula is C19H15NO4S. The van der Waals surface area contributed by atoms with Crippen LogP contribution >= 0.6 is 11.3 Å². The Hall–Kier alpha value is -2.86. The molecular weight excluding hydrogens is 338 g/mol. The fraction of sp³-hybridized carbons (Fsp3) is 0.158. The molecule has 0 saturated heterocycles. The van der Waals surface area contributed by atoms with Crippen LogP contribution in [0.25, 0.3) is 10.2 Å². The average Bonchev–Trinajstić information content (AvgIpc) is 3.07. The summed E-state index contributed by atoms with van der Waals surface area (Å²) in [5.41, 5.74) is 2.02. The molecule has 1 aromatic carbocycles. The van der Waals surface area contributed by atoms with Crippen molar-refractivity contribution >= 4 is 27.5 Å². The highest BCUT2D eigenvalue weighted by molar-refractivity contribution is 7.20. The summed E-state index contributed by atoms with van der Waals surface area (Å²) in [5.74, 6) is 0.0713. The number of hydrogen-bond acceptors (Lipinski definition) is 6. The molecule has 6 heteroatoms. The van der Waals surface area contributed by atoms with E-state index in [9.17, 15) is 4.79 Å². The van der Waals surface area contributed by atoms with Crippen molar-refractivity contribution in [3.05, 3.63) is 77.3 Å². The van der Waals surface area contributed by atoms with E-state index in [2.05, 4.69) is 17.1 Å². The molecule has 0 amide bonds. The minimum absolute atomic E-state index is 0.0220. The normalized spacial score (nSPS) is 16.4. The first-order valence-corrected chi connectivity index (χ1v) is 8.74. The van der Waals surface area contributed by atoms with Crippen LogP contribution in [0.1, 0.15) is 29.1 Å². The third kappa shape index (κ3) is 3.64. The number of thiazole rings is 1. The largest absolute Gasteiger partial charge is 0.462 e. The number of rotatable bonds is 4. The summed E-state index contributed by atoms with van der Waals surface area (Å²) in [5, 5.41) is 0.280. The van der Waals surface area contributed by atoms with Crippen molar-refractivity contribution in [3.8, 4) is 0 Å². The number of fused-ring (bicyclic) bond motifs is 1. The van der Waals surface area contributed by atoms with Gasteiger partial charge in [-0.1, -0.05) is 35.9 Å². The molecule has 0 atom stereocenters. The summed E-state index contributed by atoms with van der Waals surface area (Å²) in [4.78, 5) is 16.6. The highest BCUT2D eigenvalue weighted by atomic mass is 32.1. The predicted molar refractivity (Wildman–Crippen MR) is 94.4 cm³/mol. The van der Waals surface area contributed by atoms with Crippen LogP contribution in [0.15, 0.2) is 72.3 Å². The molecule has 5 nitrogen and oxygen atoms in total. The van der Waals surface area contributed by atoms with E-state index in [0.29, 0.717) is 12.2 Å². The van der Waals surface area contributed by atoms with Crippen LogP contribution in [0.4, 0.5) is 0 Å².